The van der Waals surface area contributed by atoms with Gasteiger partial charge in [0, 0.05) is 18.6 Å². The van der Waals surface area contributed by atoms with Gasteiger partial charge in [0.2, 0.25) is 0 Å². The number of hydrogen-bond acceptors (Lipinski definition) is 4. The van der Waals surface area contributed by atoms with Crippen molar-refractivity contribution in [2.24, 2.45) is 5.73 Å². The Hall–Kier alpha value is -1.10. The van der Waals surface area contributed by atoms with Crippen LogP contribution in [0.3, 0.4) is 0 Å². The number of nitrogens with one attached hydrogen (secondary N) is 1. The quantitative estimate of drug-likeness (QED) is 0.687. The largest absolute Gasteiger partial charge is 0.497 e. The van der Waals surface area contributed by atoms with Gasteiger partial charge in [-0.2, -0.15) is 0 Å². The molecule has 0 heterocycles. The molecule has 1 aromatic carbocycles. The summed E-state index contributed by atoms with van der Waals surface area (Å²) in [6, 6.07) is 8.21. The molecule has 0 saturated carbocycles. The predicted molar refractivity (Wildman–Crippen MR) is 73.7 cm³/mol. The summed E-state index contributed by atoms with van der Waals surface area (Å²) in [5.74, 6) is 0.839. The van der Waals surface area contributed by atoms with Gasteiger partial charge in [0.1, 0.15) is 5.75 Å². The zero-order valence-electron chi connectivity index (χ0n) is 11.4. The summed E-state index contributed by atoms with van der Waals surface area (Å²) in [6.07, 6.45) is 0.411. The highest BCUT2D eigenvalue weighted by atomic mass is 16.5. The maximum Gasteiger partial charge on any atom is 0.118 e. The Kier molecular flexibility index (Phi) is 6.12. The highest BCUT2D eigenvalue weighted by Gasteiger charge is 2.14. The summed E-state index contributed by atoms with van der Waals surface area (Å²) < 4.78 is 5.13. The van der Waals surface area contributed by atoms with Crippen LogP contribution in [0.1, 0.15) is 31.9 Å². The van der Waals surface area contributed by atoms with Crippen molar-refractivity contribution in [3.63, 3.8) is 0 Å². The Morgan fingerprint density at radius 2 is 1.89 bits per heavy atom. The summed E-state index contributed by atoms with van der Waals surface area (Å²) in [7, 11) is 1.65. The number of hydrogen-bond donors (Lipinski definition) is 3. The Bertz CT molecular complexity index is 338. The monoisotopic (exact) mass is 252 g/mol. The number of rotatable bonds is 7. The molecular weight excluding hydrogens is 228 g/mol. The summed E-state index contributed by atoms with van der Waals surface area (Å²) in [6.45, 7) is 4.37. The van der Waals surface area contributed by atoms with Gasteiger partial charge in [0.15, 0.2) is 0 Å². The van der Waals surface area contributed by atoms with E-state index in [1.54, 1.807) is 14.0 Å². The number of nitrogens with two attached hydrogens (primary N) is 1. The van der Waals surface area contributed by atoms with Gasteiger partial charge in [0.25, 0.3) is 0 Å². The van der Waals surface area contributed by atoms with Crippen molar-refractivity contribution in [3.8, 4) is 5.75 Å². The first kappa shape index (κ1) is 15.0. The van der Waals surface area contributed by atoms with Crippen LogP contribution in [0.4, 0.5) is 0 Å². The van der Waals surface area contributed by atoms with Crippen LogP contribution in [0.2, 0.25) is 0 Å². The van der Waals surface area contributed by atoms with Crippen molar-refractivity contribution in [1.29, 1.82) is 0 Å². The molecular formula is C14H24N2O2. The molecule has 0 amide bonds. The van der Waals surface area contributed by atoms with Gasteiger partial charge < -0.3 is 20.9 Å². The molecule has 0 aliphatic rings. The van der Waals surface area contributed by atoms with Crippen LogP contribution in [0.5, 0.6) is 5.75 Å². The summed E-state index contributed by atoms with van der Waals surface area (Å²) in [5.41, 5.74) is 6.93. The first-order chi connectivity index (χ1) is 8.56. The lowest BCUT2D eigenvalue weighted by molar-refractivity contribution is 0.168. The predicted octanol–water partition coefficient (Wildman–Crippen LogP) is 1.44. The molecule has 0 aliphatic carbocycles. The van der Waals surface area contributed by atoms with E-state index in [0.717, 1.165) is 11.3 Å². The first-order valence-electron chi connectivity index (χ1n) is 6.35. The Morgan fingerprint density at radius 1 is 1.28 bits per heavy atom. The number of ether oxygens (including phenoxy) is 1. The lowest BCUT2D eigenvalue weighted by atomic mass is 10.0. The molecule has 4 heteroatoms. The molecule has 0 aromatic heterocycles. The number of aliphatic hydroxyl groups is 1. The molecule has 4 N–H and O–H groups in total. The summed E-state index contributed by atoms with van der Waals surface area (Å²) >= 11 is 0. The van der Waals surface area contributed by atoms with Crippen LogP contribution in [0.25, 0.3) is 0 Å². The van der Waals surface area contributed by atoms with E-state index in [1.807, 2.05) is 24.3 Å². The van der Waals surface area contributed by atoms with Crippen molar-refractivity contribution in [2.75, 3.05) is 13.7 Å². The zero-order chi connectivity index (χ0) is 13.5. The molecule has 0 saturated heterocycles. The van der Waals surface area contributed by atoms with E-state index in [0.29, 0.717) is 13.0 Å². The van der Waals surface area contributed by atoms with Crippen LogP contribution < -0.4 is 15.8 Å². The van der Waals surface area contributed by atoms with Crippen LogP contribution in [0.15, 0.2) is 24.3 Å². The van der Waals surface area contributed by atoms with E-state index in [9.17, 15) is 5.11 Å². The maximum absolute atomic E-state index is 9.36. The fourth-order valence-corrected chi connectivity index (χ4v) is 2.06. The van der Waals surface area contributed by atoms with Crippen LogP contribution in [-0.2, 0) is 0 Å². The fourth-order valence-electron chi connectivity index (χ4n) is 2.06. The molecule has 102 valence electrons. The van der Waals surface area contributed by atoms with E-state index in [2.05, 4.69) is 12.2 Å². The topological polar surface area (TPSA) is 67.5 Å². The second-order valence-electron chi connectivity index (χ2n) is 4.71. The van der Waals surface area contributed by atoms with Gasteiger partial charge in [-0.1, -0.05) is 12.1 Å². The smallest absolute Gasteiger partial charge is 0.118 e. The fraction of sp³-hybridized carbons (Fsp3) is 0.571. The van der Waals surface area contributed by atoms with Crippen LogP contribution >= 0.6 is 0 Å². The minimum absolute atomic E-state index is 0.102. The molecule has 0 aliphatic heterocycles. The Morgan fingerprint density at radius 3 is 2.33 bits per heavy atom. The highest BCUT2D eigenvalue weighted by Crippen LogP contribution is 2.18. The number of aliphatic hydroxyl groups excluding tert-OH is 1. The zero-order valence-corrected chi connectivity index (χ0v) is 11.4. The third-order valence-corrected chi connectivity index (χ3v) is 2.93. The maximum atomic E-state index is 9.36. The van der Waals surface area contributed by atoms with E-state index in [1.165, 1.54) is 0 Å². The van der Waals surface area contributed by atoms with Gasteiger partial charge in [0.05, 0.1) is 13.2 Å². The minimum atomic E-state index is -0.304. The Balaban J connectivity index is 2.64. The van der Waals surface area contributed by atoms with E-state index in [-0.39, 0.29) is 18.2 Å². The lowest BCUT2D eigenvalue weighted by Gasteiger charge is -2.23. The molecule has 1 aromatic rings. The van der Waals surface area contributed by atoms with E-state index >= 15 is 0 Å². The molecule has 0 spiro atoms. The van der Waals surface area contributed by atoms with Gasteiger partial charge in [-0.3, -0.25) is 0 Å². The van der Waals surface area contributed by atoms with Crippen molar-refractivity contribution < 1.29 is 9.84 Å². The minimum Gasteiger partial charge on any atom is -0.497 e. The lowest BCUT2D eigenvalue weighted by Crippen LogP contribution is -2.36. The van der Waals surface area contributed by atoms with Crippen molar-refractivity contribution in [1.82, 2.24) is 5.32 Å². The normalized spacial score (nSPS) is 16.1. The van der Waals surface area contributed by atoms with Gasteiger partial charge in [-0.05, 0) is 38.0 Å². The third kappa shape index (κ3) is 4.64. The standard InChI is InChI=1S/C14H24N2O2/c1-10(8-11(2)17)16-14(9-15)12-4-6-13(18-3)7-5-12/h4-7,10-11,14,16-17H,8-9,15H2,1-3H3. The highest BCUT2D eigenvalue weighted by molar-refractivity contribution is 5.29. The second kappa shape index (κ2) is 7.36. The van der Waals surface area contributed by atoms with E-state index in [4.69, 9.17) is 10.5 Å². The van der Waals surface area contributed by atoms with E-state index < -0.39 is 0 Å². The van der Waals surface area contributed by atoms with Crippen molar-refractivity contribution in [3.05, 3.63) is 29.8 Å². The van der Waals surface area contributed by atoms with Gasteiger partial charge in [-0.25, -0.2) is 0 Å². The molecule has 3 atom stereocenters. The SMILES string of the molecule is COc1ccc(C(CN)NC(C)CC(C)O)cc1. The molecule has 0 bridgehead atoms. The molecule has 0 radical (unpaired) electrons. The van der Waals surface area contributed by atoms with Gasteiger partial charge >= 0.3 is 0 Å². The molecule has 18 heavy (non-hydrogen) atoms. The van der Waals surface area contributed by atoms with Gasteiger partial charge in [-0.15, -0.1) is 0 Å². The summed E-state index contributed by atoms with van der Waals surface area (Å²) in [5, 5.41) is 12.8. The number of benzene rings is 1. The molecule has 4 nitrogen and oxygen atoms in total. The third-order valence-electron chi connectivity index (χ3n) is 2.93. The Labute approximate surface area is 109 Å². The average Bonchev–Trinajstić information content (AvgIpc) is 2.35. The first-order valence-corrected chi connectivity index (χ1v) is 6.35. The molecule has 0 fully saturated rings. The molecule has 3 unspecified atom stereocenters. The summed E-state index contributed by atoms with van der Waals surface area (Å²) in [4.78, 5) is 0. The average molecular weight is 252 g/mol. The number of methoxy groups -OCH3 is 1. The van der Waals surface area contributed by atoms with Crippen LogP contribution in [-0.4, -0.2) is 30.9 Å². The van der Waals surface area contributed by atoms with Crippen LogP contribution in [0, 0.1) is 0 Å². The van der Waals surface area contributed by atoms with Crippen molar-refractivity contribution >= 4 is 0 Å². The van der Waals surface area contributed by atoms with Crippen molar-refractivity contribution in [2.45, 2.75) is 38.5 Å². The second-order valence-corrected chi connectivity index (χ2v) is 4.71. The molecule has 1 rings (SSSR count).